The summed E-state index contributed by atoms with van der Waals surface area (Å²) >= 11 is 6.03. The van der Waals surface area contributed by atoms with Crippen molar-refractivity contribution in [3.05, 3.63) is 28.8 Å². The van der Waals surface area contributed by atoms with E-state index in [1.54, 1.807) is 6.07 Å². The highest BCUT2D eigenvalue weighted by Gasteiger charge is 2.18. The van der Waals surface area contributed by atoms with Gasteiger partial charge in [0, 0.05) is 31.4 Å². The second-order valence-corrected chi connectivity index (χ2v) is 4.43. The molecule has 1 saturated heterocycles. The molecule has 1 N–H and O–H groups in total. The van der Waals surface area contributed by atoms with E-state index in [0.29, 0.717) is 16.6 Å². The predicted octanol–water partition coefficient (Wildman–Crippen LogP) is 2.01. The van der Waals surface area contributed by atoms with Crippen molar-refractivity contribution in [2.24, 2.45) is 0 Å². The van der Waals surface area contributed by atoms with Gasteiger partial charge in [-0.25, -0.2) is 0 Å². The number of piperazine rings is 1. The second kappa shape index (κ2) is 4.73. The molecule has 3 nitrogen and oxygen atoms in total. The fraction of sp³-hybridized carbons (Fsp3) is 0.417. The molecule has 1 aromatic carbocycles. The van der Waals surface area contributed by atoms with E-state index in [2.05, 4.69) is 23.2 Å². The molecule has 16 heavy (non-hydrogen) atoms. The van der Waals surface area contributed by atoms with Crippen LogP contribution in [-0.4, -0.2) is 25.7 Å². The normalized spacial score (nSPS) is 20.6. The fourth-order valence-corrected chi connectivity index (χ4v) is 2.22. The fourth-order valence-electron chi connectivity index (χ4n) is 2.00. The van der Waals surface area contributed by atoms with Gasteiger partial charge in [0.25, 0.3) is 0 Å². The molecule has 0 bridgehead atoms. The summed E-state index contributed by atoms with van der Waals surface area (Å²) < 4.78 is 0. The summed E-state index contributed by atoms with van der Waals surface area (Å²) in [5.41, 5.74) is 1.63. The SMILES string of the molecule is C[C@H]1CNCCN1c1ccc(C#N)c(Cl)c1. The van der Waals surface area contributed by atoms with Crippen LogP contribution in [0.3, 0.4) is 0 Å². The third-order valence-corrected chi connectivity index (χ3v) is 3.22. The number of rotatable bonds is 1. The highest BCUT2D eigenvalue weighted by atomic mass is 35.5. The zero-order valence-electron chi connectivity index (χ0n) is 9.20. The van der Waals surface area contributed by atoms with Gasteiger partial charge in [-0.3, -0.25) is 0 Å². The Bertz CT molecular complexity index is 425. The highest BCUT2D eigenvalue weighted by molar-refractivity contribution is 6.32. The van der Waals surface area contributed by atoms with E-state index in [4.69, 9.17) is 16.9 Å². The molecule has 1 aliphatic heterocycles. The van der Waals surface area contributed by atoms with Gasteiger partial charge in [0.15, 0.2) is 0 Å². The van der Waals surface area contributed by atoms with Crippen LogP contribution >= 0.6 is 11.6 Å². The Balaban J connectivity index is 2.27. The standard InChI is InChI=1S/C12H14ClN3/c1-9-8-15-4-5-16(9)11-3-2-10(7-14)12(13)6-11/h2-3,6,9,15H,4-5,8H2,1H3/t9-/m0/s1. The second-order valence-electron chi connectivity index (χ2n) is 4.02. The van der Waals surface area contributed by atoms with Crippen molar-refractivity contribution in [2.75, 3.05) is 24.5 Å². The minimum absolute atomic E-state index is 0.456. The van der Waals surface area contributed by atoms with Crippen LogP contribution < -0.4 is 10.2 Å². The Morgan fingerprint density at radius 1 is 1.56 bits per heavy atom. The topological polar surface area (TPSA) is 39.1 Å². The summed E-state index contributed by atoms with van der Waals surface area (Å²) in [5, 5.41) is 12.7. The van der Waals surface area contributed by atoms with E-state index in [1.807, 2.05) is 12.1 Å². The third kappa shape index (κ3) is 2.13. The third-order valence-electron chi connectivity index (χ3n) is 2.91. The Morgan fingerprint density at radius 3 is 3.00 bits per heavy atom. The number of nitriles is 1. The summed E-state index contributed by atoms with van der Waals surface area (Å²) in [5.74, 6) is 0. The molecule has 0 aliphatic carbocycles. The first-order chi connectivity index (χ1) is 7.72. The molecule has 1 fully saturated rings. The first kappa shape index (κ1) is 11.3. The molecular formula is C12H14ClN3. The van der Waals surface area contributed by atoms with Gasteiger partial charge >= 0.3 is 0 Å². The van der Waals surface area contributed by atoms with Gasteiger partial charge in [0.1, 0.15) is 6.07 Å². The monoisotopic (exact) mass is 235 g/mol. The van der Waals surface area contributed by atoms with Crippen LogP contribution in [0.2, 0.25) is 5.02 Å². The van der Waals surface area contributed by atoms with E-state index in [-0.39, 0.29) is 0 Å². The lowest BCUT2D eigenvalue weighted by molar-refractivity contribution is 0.501. The Morgan fingerprint density at radius 2 is 2.38 bits per heavy atom. The van der Waals surface area contributed by atoms with Crippen LogP contribution in [0.4, 0.5) is 5.69 Å². The summed E-state index contributed by atoms with van der Waals surface area (Å²) in [6.07, 6.45) is 0. The number of nitrogens with one attached hydrogen (secondary N) is 1. The van der Waals surface area contributed by atoms with Gasteiger partial charge in [-0.15, -0.1) is 0 Å². The predicted molar refractivity (Wildman–Crippen MR) is 65.8 cm³/mol. The van der Waals surface area contributed by atoms with Gasteiger partial charge < -0.3 is 10.2 Å². The molecule has 1 aliphatic rings. The van der Waals surface area contributed by atoms with Crippen LogP contribution in [0.25, 0.3) is 0 Å². The molecule has 0 amide bonds. The zero-order chi connectivity index (χ0) is 11.5. The number of halogens is 1. The van der Waals surface area contributed by atoms with Crippen LogP contribution in [-0.2, 0) is 0 Å². The summed E-state index contributed by atoms with van der Waals surface area (Å²) in [4.78, 5) is 2.31. The first-order valence-electron chi connectivity index (χ1n) is 5.39. The van der Waals surface area contributed by atoms with Crippen molar-refractivity contribution in [2.45, 2.75) is 13.0 Å². The van der Waals surface area contributed by atoms with E-state index in [1.165, 1.54) is 0 Å². The molecule has 0 radical (unpaired) electrons. The van der Waals surface area contributed by atoms with Gasteiger partial charge in [0.05, 0.1) is 10.6 Å². The Kier molecular flexibility index (Phi) is 3.33. The molecule has 1 aromatic rings. The zero-order valence-corrected chi connectivity index (χ0v) is 9.96. The van der Waals surface area contributed by atoms with Gasteiger partial charge in [0.2, 0.25) is 0 Å². The minimum atomic E-state index is 0.456. The van der Waals surface area contributed by atoms with Crippen molar-refractivity contribution in [1.82, 2.24) is 5.32 Å². The highest BCUT2D eigenvalue weighted by Crippen LogP contribution is 2.25. The first-order valence-corrected chi connectivity index (χ1v) is 5.77. The quantitative estimate of drug-likeness (QED) is 0.810. The largest absolute Gasteiger partial charge is 0.366 e. The van der Waals surface area contributed by atoms with Crippen molar-refractivity contribution in [3.63, 3.8) is 0 Å². The summed E-state index contributed by atoms with van der Waals surface area (Å²) in [7, 11) is 0. The molecule has 4 heteroatoms. The molecule has 1 atom stereocenters. The number of nitrogens with zero attached hydrogens (tertiary/aromatic N) is 2. The average Bonchev–Trinajstić information content (AvgIpc) is 2.29. The maximum absolute atomic E-state index is 8.81. The molecule has 0 spiro atoms. The molecular weight excluding hydrogens is 222 g/mol. The smallest absolute Gasteiger partial charge is 0.101 e. The van der Waals surface area contributed by atoms with Gasteiger partial charge in [-0.05, 0) is 25.1 Å². The lowest BCUT2D eigenvalue weighted by Gasteiger charge is -2.36. The Labute approximate surface area is 101 Å². The summed E-state index contributed by atoms with van der Waals surface area (Å²) in [6.45, 7) is 5.13. The van der Waals surface area contributed by atoms with Crippen LogP contribution in [0.1, 0.15) is 12.5 Å². The molecule has 1 heterocycles. The molecule has 0 aromatic heterocycles. The average molecular weight is 236 g/mol. The van der Waals surface area contributed by atoms with E-state index in [0.717, 1.165) is 25.3 Å². The van der Waals surface area contributed by atoms with Crippen LogP contribution in [0.5, 0.6) is 0 Å². The van der Waals surface area contributed by atoms with Gasteiger partial charge in [-0.2, -0.15) is 5.26 Å². The van der Waals surface area contributed by atoms with Crippen molar-refractivity contribution in [3.8, 4) is 6.07 Å². The van der Waals surface area contributed by atoms with Gasteiger partial charge in [-0.1, -0.05) is 11.6 Å². The maximum atomic E-state index is 8.81. The summed E-state index contributed by atoms with van der Waals surface area (Å²) in [6, 6.07) is 8.16. The van der Waals surface area contributed by atoms with E-state index in [9.17, 15) is 0 Å². The maximum Gasteiger partial charge on any atom is 0.101 e. The lowest BCUT2D eigenvalue weighted by Crippen LogP contribution is -2.49. The minimum Gasteiger partial charge on any atom is -0.366 e. The van der Waals surface area contributed by atoms with Crippen LogP contribution in [0.15, 0.2) is 18.2 Å². The number of benzene rings is 1. The number of hydrogen-bond acceptors (Lipinski definition) is 3. The molecule has 2 rings (SSSR count). The lowest BCUT2D eigenvalue weighted by atomic mass is 10.1. The molecule has 0 saturated carbocycles. The number of anilines is 1. The molecule has 84 valence electrons. The van der Waals surface area contributed by atoms with Crippen LogP contribution in [0, 0.1) is 11.3 Å². The van der Waals surface area contributed by atoms with E-state index < -0.39 is 0 Å². The van der Waals surface area contributed by atoms with Crippen molar-refractivity contribution in [1.29, 1.82) is 5.26 Å². The number of hydrogen-bond donors (Lipinski definition) is 1. The Hall–Kier alpha value is -1.24. The van der Waals surface area contributed by atoms with Crippen molar-refractivity contribution < 1.29 is 0 Å². The van der Waals surface area contributed by atoms with E-state index >= 15 is 0 Å². The molecule has 0 unspecified atom stereocenters. The van der Waals surface area contributed by atoms with Crippen molar-refractivity contribution >= 4 is 17.3 Å².